The molecule has 0 fully saturated rings. The molecule has 0 nitrogen and oxygen atoms in total. The molecule has 0 aromatic carbocycles. The van der Waals surface area contributed by atoms with Gasteiger partial charge in [0.2, 0.25) is 0 Å². The minimum absolute atomic E-state index is 0.488. The van der Waals surface area contributed by atoms with Crippen LogP contribution in [-0.2, 0) is 0 Å². The van der Waals surface area contributed by atoms with Gasteiger partial charge < -0.3 is 0 Å². The number of hydrogen-bond acceptors (Lipinski definition) is 1. The lowest BCUT2D eigenvalue weighted by Crippen LogP contribution is -2.24. The summed E-state index contributed by atoms with van der Waals surface area (Å²) < 4.78 is 0. The van der Waals surface area contributed by atoms with Gasteiger partial charge in [0, 0.05) is 10.7 Å². The van der Waals surface area contributed by atoms with E-state index in [1.54, 1.807) is 0 Å². The fraction of sp³-hybridized carbons (Fsp3) is 1.00. The Labute approximate surface area is 97.5 Å². The van der Waals surface area contributed by atoms with Crippen LogP contribution in [0.4, 0.5) is 0 Å². The summed E-state index contributed by atoms with van der Waals surface area (Å²) in [7, 11) is 0. The molecule has 0 aromatic rings. The molecule has 0 aliphatic carbocycles. The van der Waals surface area contributed by atoms with Crippen molar-refractivity contribution in [2.24, 2.45) is 5.41 Å². The van der Waals surface area contributed by atoms with Crippen molar-refractivity contribution >= 4 is 43.6 Å². The quantitative estimate of drug-likeness (QED) is 0.498. The van der Waals surface area contributed by atoms with Gasteiger partial charge in [-0.2, -0.15) is 11.8 Å². The summed E-state index contributed by atoms with van der Waals surface area (Å²) in [5, 5.41) is 2.23. The Hall–Kier alpha value is 1.31. The van der Waals surface area contributed by atoms with E-state index in [1.165, 1.54) is 24.3 Å². The van der Waals surface area contributed by atoms with Gasteiger partial charge in [-0.15, -0.1) is 0 Å². The van der Waals surface area contributed by atoms with E-state index in [1.807, 2.05) is 11.8 Å². The van der Waals surface area contributed by atoms with Crippen LogP contribution in [0.2, 0.25) is 0 Å². The zero-order valence-corrected chi connectivity index (χ0v) is 11.9. The van der Waals surface area contributed by atoms with E-state index < -0.39 is 0 Å². The third-order valence-corrected chi connectivity index (χ3v) is 5.58. The summed E-state index contributed by atoms with van der Waals surface area (Å²) >= 11 is 9.25. The van der Waals surface area contributed by atoms with E-state index in [2.05, 4.69) is 45.7 Å². The second-order valence-corrected chi connectivity index (χ2v) is 5.58. The standard InChI is InChI=1S/C9H18Br2S/c1-3-9(7-10,8-11)5-6-12-4-2/h3-8H2,1-2H3. The van der Waals surface area contributed by atoms with Crippen LogP contribution in [0.3, 0.4) is 0 Å². The van der Waals surface area contributed by atoms with Gasteiger partial charge in [0.25, 0.3) is 0 Å². The van der Waals surface area contributed by atoms with Gasteiger partial charge in [-0.05, 0) is 29.8 Å². The van der Waals surface area contributed by atoms with E-state index in [9.17, 15) is 0 Å². The number of halogens is 2. The van der Waals surface area contributed by atoms with E-state index in [4.69, 9.17) is 0 Å². The van der Waals surface area contributed by atoms with Crippen LogP contribution in [0.5, 0.6) is 0 Å². The van der Waals surface area contributed by atoms with Gasteiger partial charge in [0.1, 0.15) is 0 Å². The molecule has 0 aliphatic rings. The van der Waals surface area contributed by atoms with Crippen molar-refractivity contribution < 1.29 is 0 Å². The zero-order chi connectivity index (χ0) is 9.45. The van der Waals surface area contributed by atoms with Crippen molar-refractivity contribution in [1.29, 1.82) is 0 Å². The fourth-order valence-electron chi connectivity index (χ4n) is 0.968. The monoisotopic (exact) mass is 316 g/mol. The predicted octanol–water partition coefficient (Wildman–Crippen LogP) is 4.32. The second kappa shape index (κ2) is 7.69. The number of rotatable bonds is 7. The molecule has 12 heavy (non-hydrogen) atoms. The van der Waals surface area contributed by atoms with E-state index in [-0.39, 0.29) is 0 Å². The molecule has 0 aliphatic heterocycles. The summed E-state index contributed by atoms with van der Waals surface area (Å²) in [6.07, 6.45) is 2.58. The molecule has 0 bridgehead atoms. The maximum Gasteiger partial charge on any atom is 0.00961 e. The van der Waals surface area contributed by atoms with Crippen LogP contribution < -0.4 is 0 Å². The maximum atomic E-state index is 3.61. The normalized spacial score (nSPS) is 12.0. The largest absolute Gasteiger partial charge is 0.162 e. The Morgan fingerprint density at radius 1 is 1.17 bits per heavy atom. The van der Waals surface area contributed by atoms with Gasteiger partial charge in [0.05, 0.1) is 0 Å². The van der Waals surface area contributed by atoms with Crippen LogP contribution in [0.15, 0.2) is 0 Å². The zero-order valence-electron chi connectivity index (χ0n) is 7.91. The summed E-state index contributed by atoms with van der Waals surface area (Å²) in [6.45, 7) is 4.50. The first kappa shape index (κ1) is 13.3. The Morgan fingerprint density at radius 3 is 2.08 bits per heavy atom. The van der Waals surface area contributed by atoms with Crippen molar-refractivity contribution in [3.63, 3.8) is 0 Å². The van der Waals surface area contributed by atoms with E-state index in [0.29, 0.717) is 5.41 Å². The average molecular weight is 318 g/mol. The van der Waals surface area contributed by atoms with Gasteiger partial charge >= 0.3 is 0 Å². The highest BCUT2D eigenvalue weighted by Gasteiger charge is 2.24. The first-order chi connectivity index (χ1) is 5.74. The molecule has 0 N–H and O–H groups in total. The minimum atomic E-state index is 0.488. The van der Waals surface area contributed by atoms with Crippen molar-refractivity contribution in [2.45, 2.75) is 26.7 Å². The Kier molecular flexibility index (Phi) is 8.53. The van der Waals surface area contributed by atoms with Gasteiger partial charge in [-0.3, -0.25) is 0 Å². The molecule has 0 atom stereocenters. The first-order valence-corrected chi connectivity index (χ1v) is 7.84. The third-order valence-electron chi connectivity index (χ3n) is 2.30. The topological polar surface area (TPSA) is 0 Å². The van der Waals surface area contributed by atoms with Gasteiger partial charge in [-0.1, -0.05) is 45.7 Å². The number of hydrogen-bond donors (Lipinski definition) is 0. The molecule has 74 valence electrons. The molecule has 3 heteroatoms. The second-order valence-electron chi connectivity index (χ2n) is 3.07. The molecule has 0 heterocycles. The smallest absolute Gasteiger partial charge is 0.00961 e. The van der Waals surface area contributed by atoms with Crippen molar-refractivity contribution in [2.75, 3.05) is 22.2 Å². The summed E-state index contributed by atoms with van der Waals surface area (Å²) in [5.74, 6) is 2.53. The molecule has 0 radical (unpaired) electrons. The average Bonchev–Trinajstić information content (AvgIpc) is 2.14. The van der Waals surface area contributed by atoms with Crippen LogP contribution in [0.1, 0.15) is 26.7 Å². The van der Waals surface area contributed by atoms with Crippen molar-refractivity contribution in [3.8, 4) is 0 Å². The SMILES string of the molecule is CCSCCC(CC)(CBr)CBr. The Balaban J connectivity index is 3.76. The van der Waals surface area contributed by atoms with E-state index >= 15 is 0 Å². The van der Waals surface area contributed by atoms with Crippen LogP contribution in [-0.4, -0.2) is 22.2 Å². The highest BCUT2D eigenvalue weighted by molar-refractivity contribution is 9.09. The van der Waals surface area contributed by atoms with Crippen LogP contribution in [0.25, 0.3) is 0 Å². The number of thioether (sulfide) groups is 1. The van der Waals surface area contributed by atoms with Gasteiger partial charge in [0.15, 0.2) is 0 Å². The van der Waals surface area contributed by atoms with Crippen LogP contribution >= 0.6 is 43.6 Å². The third kappa shape index (κ3) is 4.52. The first-order valence-electron chi connectivity index (χ1n) is 4.44. The summed E-state index contributed by atoms with van der Waals surface area (Å²) in [4.78, 5) is 0. The lowest BCUT2D eigenvalue weighted by atomic mass is 9.87. The molecule has 0 saturated heterocycles. The molecule has 0 saturated carbocycles. The number of alkyl halides is 2. The Bertz CT molecular complexity index is 94.4. The lowest BCUT2D eigenvalue weighted by Gasteiger charge is -2.28. The minimum Gasteiger partial charge on any atom is -0.162 e. The van der Waals surface area contributed by atoms with Crippen molar-refractivity contribution in [1.82, 2.24) is 0 Å². The summed E-state index contributed by atoms with van der Waals surface area (Å²) in [6, 6.07) is 0. The molecule has 0 rings (SSSR count). The molecular formula is C9H18Br2S. The lowest BCUT2D eigenvalue weighted by molar-refractivity contribution is 0.365. The molecule has 0 unspecified atom stereocenters. The molecule has 0 spiro atoms. The van der Waals surface area contributed by atoms with Crippen LogP contribution in [0, 0.1) is 5.41 Å². The summed E-state index contributed by atoms with van der Waals surface area (Å²) in [5.41, 5.74) is 0.488. The Morgan fingerprint density at radius 2 is 1.75 bits per heavy atom. The highest BCUT2D eigenvalue weighted by Crippen LogP contribution is 2.32. The maximum absolute atomic E-state index is 3.61. The van der Waals surface area contributed by atoms with E-state index in [0.717, 1.165) is 10.7 Å². The molecule has 0 aromatic heterocycles. The van der Waals surface area contributed by atoms with Gasteiger partial charge in [-0.25, -0.2) is 0 Å². The molecular weight excluding hydrogens is 300 g/mol. The predicted molar refractivity (Wildman–Crippen MR) is 67.9 cm³/mol. The molecule has 0 amide bonds. The fourth-order valence-corrected chi connectivity index (χ4v) is 4.12. The highest BCUT2D eigenvalue weighted by atomic mass is 79.9. The van der Waals surface area contributed by atoms with Crippen molar-refractivity contribution in [3.05, 3.63) is 0 Å².